The number of nitrogens with zero attached hydrogens (tertiary/aromatic N) is 1. The lowest BCUT2D eigenvalue weighted by atomic mass is 10.0. The molecule has 1 aliphatic heterocycles. The molecule has 0 amide bonds. The number of hydrogen-bond donors (Lipinski definition) is 2. The molecular formula is C18H28F2IN3O3. The zero-order chi connectivity index (χ0) is 19.0. The molecule has 6 nitrogen and oxygen atoms in total. The second-order valence-corrected chi connectivity index (χ2v) is 6.31. The van der Waals surface area contributed by atoms with E-state index >= 15 is 0 Å². The number of nitrogens with one attached hydrogen (secondary N) is 2. The van der Waals surface area contributed by atoms with Crippen molar-refractivity contribution in [2.24, 2.45) is 4.99 Å². The molecule has 1 atom stereocenters. The van der Waals surface area contributed by atoms with Crippen molar-refractivity contribution >= 4 is 29.9 Å². The summed E-state index contributed by atoms with van der Waals surface area (Å²) in [6.45, 7) is 3.61. The van der Waals surface area contributed by atoms with E-state index in [-0.39, 0.29) is 41.1 Å². The smallest absolute Gasteiger partial charge is 0.387 e. The summed E-state index contributed by atoms with van der Waals surface area (Å²) in [5.74, 6) is 0.908. The van der Waals surface area contributed by atoms with Crippen molar-refractivity contribution in [1.82, 2.24) is 10.6 Å². The van der Waals surface area contributed by atoms with Gasteiger partial charge in [0, 0.05) is 19.7 Å². The molecule has 1 aromatic rings. The van der Waals surface area contributed by atoms with Crippen LogP contribution < -0.4 is 20.1 Å². The van der Waals surface area contributed by atoms with Crippen molar-refractivity contribution in [3.63, 3.8) is 0 Å². The fourth-order valence-corrected chi connectivity index (χ4v) is 2.77. The number of benzene rings is 1. The zero-order valence-electron chi connectivity index (χ0n) is 15.9. The summed E-state index contributed by atoms with van der Waals surface area (Å²) in [5, 5.41) is 6.45. The Morgan fingerprint density at radius 1 is 1.33 bits per heavy atom. The lowest BCUT2D eigenvalue weighted by Crippen LogP contribution is -2.45. The van der Waals surface area contributed by atoms with Crippen LogP contribution in [0.25, 0.3) is 0 Å². The average molecular weight is 499 g/mol. The highest BCUT2D eigenvalue weighted by Crippen LogP contribution is 2.29. The summed E-state index contributed by atoms with van der Waals surface area (Å²) in [7, 11) is 1.41. The van der Waals surface area contributed by atoms with Gasteiger partial charge in [0.2, 0.25) is 0 Å². The van der Waals surface area contributed by atoms with Gasteiger partial charge in [0.15, 0.2) is 17.5 Å². The van der Waals surface area contributed by atoms with E-state index in [9.17, 15) is 8.78 Å². The third-order valence-electron chi connectivity index (χ3n) is 4.14. The molecule has 1 aromatic carbocycles. The van der Waals surface area contributed by atoms with Crippen LogP contribution in [0.1, 0.15) is 32.3 Å². The summed E-state index contributed by atoms with van der Waals surface area (Å²) in [5.41, 5.74) is 0.552. The summed E-state index contributed by atoms with van der Waals surface area (Å²) in [6, 6.07) is 4.88. The average Bonchev–Trinajstić information content (AvgIpc) is 3.04. The Hall–Kier alpha value is -1.36. The standard InChI is InChI=1S/C18H27F2N3O3.HI/c1-4-21-17(23-12-18(2)8-5-9-25-18)22-11-13-6-7-14(24-3)15(10-13)26-16(19)20;/h6-7,10,16H,4-5,8-9,11-12H2,1-3H3,(H2,21,22,23);1H. The van der Waals surface area contributed by atoms with Crippen LogP contribution in [-0.2, 0) is 11.3 Å². The van der Waals surface area contributed by atoms with Gasteiger partial charge >= 0.3 is 6.61 Å². The fraction of sp³-hybridized carbons (Fsp3) is 0.611. The number of alkyl halides is 2. The summed E-state index contributed by atoms with van der Waals surface area (Å²) >= 11 is 0. The Balaban J connectivity index is 0.00000364. The molecule has 0 radical (unpaired) electrons. The molecule has 2 N–H and O–H groups in total. The Labute approximate surface area is 176 Å². The van der Waals surface area contributed by atoms with Gasteiger partial charge in [-0.1, -0.05) is 6.07 Å². The highest BCUT2D eigenvalue weighted by molar-refractivity contribution is 14.0. The molecule has 1 heterocycles. The lowest BCUT2D eigenvalue weighted by Gasteiger charge is -2.24. The van der Waals surface area contributed by atoms with Crippen LogP contribution in [0.5, 0.6) is 11.5 Å². The predicted octanol–water partition coefficient (Wildman–Crippen LogP) is 3.54. The van der Waals surface area contributed by atoms with E-state index < -0.39 is 6.61 Å². The molecular weight excluding hydrogens is 471 g/mol. The minimum atomic E-state index is -2.91. The van der Waals surface area contributed by atoms with Gasteiger partial charge in [-0.15, -0.1) is 24.0 Å². The maximum absolute atomic E-state index is 12.5. The van der Waals surface area contributed by atoms with Crippen molar-refractivity contribution in [2.45, 2.75) is 45.4 Å². The third-order valence-corrected chi connectivity index (χ3v) is 4.14. The lowest BCUT2D eigenvalue weighted by molar-refractivity contribution is -0.0512. The van der Waals surface area contributed by atoms with E-state index in [0.717, 1.165) is 25.0 Å². The molecule has 27 heavy (non-hydrogen) atoms. The first-order valence-corrected chi connectivity index (χ1v) is 8.73. The van der Waals surface area contributed by atoms with Crippen molar-refractivity contribution in [3.05, 3.63) is 23.8 Å². The first-order valence-electron chi connectivity index (χ1n) is 8.73. The van der Waals surface area contributed by atoms with E-state index in [1.807, 2.05) is 6.92 Å². The van der Waals surface area contributed by atoms with Gasteiger partial charge in [-0.2, -0.15) is 8.78 Å². The monoisotopic (exact) mass is 499 g/mol. The minimum absolute atomic E-state index is 0. The molecule has 0 aliphatic carbocycles. The Morgan fingerprint density at radius 3 is 2.70 bits per heavy atom. The normalized spacial score (nSPS) is 19.6. The van der Waals surface area contributed by atoms with Crippen molar-refractivity contribution < 1.29 is 23.0 Å². The van der Waals surface area contributed by atoms with Gasteiger partial charge < -0.3 is 24.8 Å². The molecule has 1 unspecified atom stereocenters. The number of hydrogen-bond acceptors (Lipinski definition) is 4. The predicted molar refractivity (Wildman–Crippen MR) is 111 cm³/mol. The maximum Gasteiger partial charge on any atom is 0.387 e. The van der Waals surface area contributed by atoms with Crippen LogP contribution in [-0.4, -0.2) is 45.0 Å². The van der Waals surface area contributed by atoms with E-state index in [1.54, 1.807) is 12.1 Å². The first-order chi connectivity index (χ1) is 12.5. The van der Waals surface area contributed by atoms with E-state index in [1.165, 1.54) is 13.2 Å². The van der Waals surface area contributed by atoms with Crippen LogP contribution in [0.2, 0.25) is 0 Å². The number of halogens is 3. The van der Waals surface area contributed by atoms with Crippen LogP contribution in [0.3, 0.4) is 0 Å². The second-order valence-electron chi connectivity index (χ2n) is 6.31. The molecule has 0 bridgehead atoms. The van der Waals surface area contributed by atoms with Crippen LogP contribution in [0.4, 0.5) is 8.78 Å². The molecule has 0 saturated carbocycles. The molecule has 1 fully saturated rings. The molecule has 2 rings (SSSR count). The molecule has 0 aromatic heterocycles. The number of ether oxygens (including phenoxy) is 3. The van der Waals surface area contributed by atoms with Gasteiger partial charge in [-0.3, -0.25) is 0 Å². The quantitative estimate of drug-likeness (QED) is 0.326. The number of guanidine groups is 1. The van der Waals surface area contributed by atoms with E-state index in [0.29, 0.717) is 25.6 Å². The second kappa shape index (κ2) is 11.5. The molecule has 0 spiro atoms. The zero-order valence-corrected chi connectivity index (χ0v) is 18.2. The van der Waals surface area contributed by atoms with Crippen molar-refractivity contribution in [2.75, 3.05) is 26.8 Å². The van der Waals surface area contributed by atoms with Gasteiger partial charge in [-0.25, -0.2) is 4.99 Å². The van der Waals surface area contributed by atoms with Gasteiger partial charge in [0.25, 0.3) is 0 Å². The van der Waals surface area contributed by atoms with Gasteiger partial charge in [-0.05, 0) is 44.4 Å². The Bertz CT molecular complexity index is 612. The van der Waals surface area contributed by atoms with Crippen LogP contribution in [0, 0.1) is 0 Å². The highest BCUT2D eigenvalue weighted by Gasteiger charge is 2.29. The molecule has 154 valence electrons. The Kier molecular flexibility index (Phi) is 10.1. The van der Waals surface area contributed by atoms with Crippen molar-refractivity contribution in [1.29, 1.82) is 0 Å². The van der Waals surface area contributed by atoms with E-state index in [4.69, 9.17) is 9.47 Å². The highest BCUT2D eigenvalue weighted by atomic mass is 127. The third kappa shape index (κ3) is 7.65. The molecule has 1 saturated heterocycles. The summed E-state index contributed by atoms with van der Waals surface area (Å²) < 4.78 is 40.4. The number of methoxy groups -OCH3 is 1. The largest absolute Gasteiger partial charge is 0.493 e. The minimum Gasteiger partial charge on any atom is -0.493 e. The van der Waals surface area contributed by atoms with E-state index in [2.05, 4.69) is 27.3 Å². The molecule has 9 heteroatoms. The fourth-order valence-electron chi connectivity index (χ4n) is 2.77. The number of aliphatic imine (C=N–C) groups is 1. The van der Waals surface area contributed by atoms with Crippen LogP contribution >= 0.6 is 24.0 Å². The summed E-state index contributed by atoms with van der Waals surface area (Å²) in [4.78, 5) is 4.51. The van der Waals surface area contributed by atoms with Gasteiger partial charge in [0.05, 0.1) is 19.3 Å². The summed E-state index contributed by atoms with van der Waals surface area (Å²) in [6.07, 6.45) is 2.07. The molecule has 1 aliphatic rings. The SMILES string of the molecule is CCNC(=NCc1ccc(OC)c(OC(F)F)c1)NCC1(C)CCCO1.I. The Morgan fingerprint density at radius 2 is 2.11 bits per heavy atom. The first kappa shape index (κ1) is 23.7. The van der Waals surface area contributed by atoms with Crippen molar-refractivity contribution in [3.8, 4) is 11.5 Å². The maximum atomic E-state index is 12.5. The number of rotatable bonds is 8. The van der Waals surface area contributed by atoms with Gasteiger partial charge in [0.1, 0.15) is 0 Å². The topological polar surface area (TPSA) is 64.1 Å². The van der Waals surface area contributed by atoms with Crippen LogP contribution in [0.15, 0.2) is 23.2 Å².